The Morgan fingerprint density at radius 2 is 1.45 bits per heavy atom. The van der Waals surface area contributed by atoms with Gasteiger partial charge in [0.05, 0.1) is 6.04 Å². The van der Waals surface area contributed by atoms with E-state index in [0.29, 0.717) is 32.2 Å². The van der Waals surface area contributed by atoms with E-state index in [1.165, 1.54) is 0 Å². The molecule has 0 aromatic carbocycles. The number of carboxylic acid groups (broad SMARTS) is 1. The van der Waals surface area contributed by atoms with Gasteiger partial charge in [-0.3, -0.25) is 24.2 Å². The van der Waals surface area contributed by atoms with Crippen LogP contribution in [-0.4, -0.2) is 77.9 Å². The molecule has 5 unspecified atom stereocenters. The van der Waals surface area contributed by atoms with Crippen LogP contribution in [0.4, 0.5) is 0 Å². The Labute approximate surface area is 223 Å². The molecule has 14 N–H and O–H groups in total. The Balaban J connectivity index is 5.52. The van der Waals surface area contributed by atoms with E-state index in [2.05, 4.69) is 20.9 Å². The van der Waals surface area contributed by atoms with Crippen LogP contribution in [0.25, 0.3) is 0 Å². The van der Waals surface area contributed by atoms with Crippen molar-refractivity contribution in [1.82, 2.24) is 16.0 Å². The van der Waals surface area contributed by atoms with Crippen molar-refractivity contribution in [3.63, 3.8) is 0 Å². The standard InChI is InChI=1S/C23H45N9O6/c1-3-13(2)18(21(36)31-16(22(37)38)8-6-12-29-23(27)28)32-20(35)15(7-4-5-11-24)30-19(34)14(25)9-10-17(26)33/h13-16,18H,3-12,24-25H2,1-2H3,(H2,26,33)(H,30,34)(H,31,36)(H,32,35)(H,37,38)(H4,27,28,29). The highest BCUT2D eigenvalue weighted by Crippen LogP contribution is 2.11. The van der Waals surface area contributed by atoms with Gasteiger partial charge in [-0.1, -0.05) is 20.3 Å². The summed E-state index contributed by atoms with van der Waals surface area (Å²) >= 11 is 0. The van der Waals surface area contributed by atoms with E-state index in [1.807, 2.05) is 6.92 Å². The van der Waals surface area contributed by atoms with Crippen molar-refractivity contribution in [1.29, 1.82) is 0 Å². The van der Waals surface area contributed by atoms with E-state index < -0.39 is 53.8 Å². The largest absolute Gasteiger partial charge is 0.480 e. The van der Waals surface area contributed by atoms with Gasteiger partial charge in [0, 0.05) is 13.0 Å². The SMILES string of the molecule is CCC(C)C(NC(=O)C(CCCCN)NC(=O)C(N)CCC(N)=O)C(=O)NC(CCCN=C(N)N)C(=O)O. The normalized spacial score (nSPS) is 14.7. The van der Waals surface area contributed by atoms with Crippen LogP contribution < -0.4 is 44.6 Å². The minimum atomic E-state index is -1.24. The fourth-order valence-electron chi connectivity index (χ4n) is 3.45. The molecule has 0 saturated heterocycles. The van der Waals surface area contributed by atoms with Crippen LogP contribution >= 0.6 is 0 Å². The summed E-state index contributed by atoms with van der Waals surface area (Å²) in [6.07, 6.45) is 2.14. The lowest BCUT2D eigenvalue weighted by Crippen LogP contribution is -2.58. The second-order valence-corrected chi connectivity index (χ2v) is 9.18. The fraction of sp³-hybridized carbons (Fsp3) is 0.739. The van der Waals surface area contributed by atoms with E-state index >= 15 is 0 Å². The van der Waals surface area contributed by atoms with Crippen molar-refractivity contribution in [3.05, 3.63) is 0 Å². The molecule has 0 radical (unpaired) electrons. The molecule has 38 heavy (non-hydrogen) atoms. The molecule has 0 rings (SSSR count). The van der Waals surface area contributed by atoms with Gasteiger partial charge in [0.25, 0.3) is 0 Å². The zero-order chi connectivity index (χ0) is 29.3. The molecule has 5 atom stereocenters. The van der Waals surface area contributed by atoms with E-state index in [4.69, 9.17) is 28.7 Å². The highest BCUT2D eigenvalue weighted by molar-refractivity contribution is 5.94. The van der Waals surface area contributed by atoms with Gasteiger partial charge in [0.1, 0.15) is 18.1 Å². The summed E-state index contributed by atoms with van der Waals surface area (Å²) in [5, 5.41) is 17.2. The summed E-state index contributed by atoms with van der Waals surface area (Å²) in [5.74, 6) is -4.27. The average molecular weight is 544 g/mol. The highest BCUT2D eigenvalue weighted by Gasteiger charge is 2.32. The first-order valence-corrected chi connectivity index (χ1v) is 12.8. The fourth-order valence-corrected chi connectivity index (χ4v) is 3.45. The Bertz CT molecular complexity index is 819. The number of nitrogens with zero attached hydrogens (tertiary/aromatic N) is 1. The molecule has 15 nitrogen and oxygen atoms in total. The van der Waals surface area contributed by atoms with E-state index in [-0.39, 0.29) is 44.1 Å². The second kappa shape index (κ2) is 18.7. The first-order valence-electron chi connectivity index (χ1n) is 12.8. The van der Waals surface area contributed by atoms with Crippen molar-refractivity contribution in [3.8, 4) is 0 Å². The number of hydrogen-bond acceptors (Lipinski definition) is 8. The van der Waals surface area contributed by atoms with Gasteiger partial charge < -0.3 is 49.7 Å². The van der Waals surface area contributed by atoms with Gasteiger partial charge in [-0.15, -0.1) is 0 Å². The Kier molecular flexibility index (Phi) is 17.0. The second-order valence-electron chi connectivity index (χ2n) is 9.18. The third-order valence-electron chi connectivity index (χ3n) is 5.97. The molecule has 0 aliphatic carbocycles. The zero-order valence-corrected chi connectivity index (χ0v) is 22.3. The number of guanidine groups is 1. The van der Waals surface area contributed by atoms with Crippen molar-refractivity contribution in [2.24, 2.45) is 39.6 Å². The maximum atomic E-state index is 13.2. The lowest BCUT2D eigenvalue weighted by atomic mass is 9.96. The number of rotatable bonds is 20. The topological polar surface area (TPSA) is 284 Å². The van der Waals surface area contributed by atoms with Crippen LogP contribution in [0.2, 0.25) is 0 Å². The molecule has 0 heterocycles. The van der Waals surface area contributed by atoms with Crippen molar-refractivity contribution in [2.75, 3.05) is 13.1 Å². The van der Waals surface area contributed by atoms with Crippen LogP contribution in [-0.2, 0) is 24.0 Å². The molecular weight excluding hydrogens is 498 g/mol. The molecule has 0 aliphatic heterocycles. The number of carbonyl (C=O) groups is 5. The molecule has 0 fully saturated rings. The minimum absolute atomic E-state index is 0.00989. The predicted molar refractivity (Wildman–Crippen MR) is 142 cm³/mol. The van der Waals surface area contributed by atoms with E-state index in [0.717, 1.165) is 0 Å². The molecule has 0 aliphatic rings. The number of unbranched alkanes of at least 4 members (excludes halogenated alkanes) is 1. The molecule has 0 aromatic heterocycles. The number of carboxylic acids is 1. The molecular formula is C23H45N9O6. The number of primary amides is 1. The van der Waals surface area contributed by atoms with Gasteiger partial charge in [-0.2, -0.15) is 0 Å². The third kappa shape index (κ3) is 14.3. The molecule has 0 saturated carbocycles. The number of carbonyl (C=O) groups excluding carboxylic acids is 4. The minimum Gasteiger partial charge on any atom is -0.480 e. The molecule has 218 valence electrons. The molecule has 0 aromatic rings. The zero-order valence-electron chi connectivity index (χ0n) is 22.3. The molecule has 15 heteroatoms. The number of aliphatic imine (C=N–C) groups is 1. The number of amides is 4. The van der Waals surface area contributed by atoms with Crippen molar-refractivity contribution >= 4 is 35.6 Å². The van der Waals surface area contributed by atoms with Crippen LogP contribution in [0.5, 0.6) is 0 Å². The number of hydrogen-bond donors (Lipinski definition) is 9. The monoisotopic (exact) mass is 543 g/mol. The Hall–Kier alpha value is -3.46. The van der Waals surface area contributed by atoms with Crippen molar-refractivity contribution in [2.45, 2.75) is 89.4 Å². The maximum absolute atomic E-state index is 13.2. The molecule has 0 spiro atoms. The Morgan fingerprint density at radius 1 is 0.842 bits per heavy atom. The maximum Gasteiger partial charge on any atom is 0.326 e. The number of nitrogens with two attached hydrogens (primary N) is 5. The number of aliphatic carboxylic acids is 1. The van der Waals surface area contributed by atoms with Gasteiger partial charge in [-0.25, -0.2) is 4.79 Å². The first-order chi connectivity index (χ1) is 17.8. The lowest BCUT2D eigenvalue weighted by Gasteiger charge is -2.28. The van der Waals surface area contributed by atoms with Crippen LogP contribution in [0, 0.1) is 5.92 Å². The predicted octanol–water partition coefficient (Wildman–Crippen LogP) is -2.65. The summed E-state index contributed by atoms with van der Waals surface area (Å²) in [7, 11) is 0. The third-order valence-corrected chi connectivity index (χ3v) is 5.97. The molecule has 0 bridgehead atoms. The summed E-state index contributed by atoms with van der Waals surface area (Å²) in [6, 6.07) is -4.37. The Morgan fingerprint density at radius 3 is 1.97 bits per heavy atom. The summed E-state index contributed by atoms with van der Waals surface area (Å²) in [5.41, 5.74) is 27.0. The van der Waals surface area contributed by atoms with Gasteiger partial charge in [0.2, 0.25) is 23.6 Å². The summed E-state index contributed by atoms with van der Waals surface area (Å²) < 4.78 is 0. The van der Waals surface area contributed by atoms with Crippen LogP contribution in [0.15, 0.2) is 4.99 Å². The average Bonchev–Trinajstić information content (AvgIpc) is 2.85. The number of nitrogens with one attached hydrogen (secondary N) is 3. The van der Waals surface area contributed by atoms with E-state index in [9.17, 15) is 29.1 Å². The molecule has 4 amide bonds. The summed E-state index contributed by atoms with van der Waals surface area (Å²) in [6.45, 7) is 4.14. The van der Waals surface area contributed by atoms with Crippen LogP contribution in [0.3, 0.4) is 0 Å². The van der Waals surface area contributed by atoms with Gasteiger partial charge >= 0.3 is 5.97 Å². The van der Waals surface area contributed by atoms with Gasteiger partial charge in [0.15, 0.2) is 5.96 Å². The summed E-state index contributed by atoms with van der Waals surface area (Å²) in [4.78, 5) is 65.3. The highest BCUT2D eigenvalue weighted by atomic mass is 16.4. The smallest absolute Gasteiger partial charge is 0.326 e. The lowest BCUT2D eigenvalue weighted by molar-refractivity contribution is -0.143. The van der Waals surface area contributed by atoms with Crippen molar-refractivity contribution < 1.29 is 29.1 Å². The quantitative estimate of drug-likeness (QED) is 0.0436. The van der Waals surface area contributed by atoms with E-state index in [1.54, 1.807) is 6.92 Å². The van der Waals surface area contributed by atoms with Gasteiger partial charge in [-0.05, 0) is 51.0 Å². The first kappa shape index (κ1) is 34.5. The van der Waals surface area contributed by atoms with Crippen LogP contribution in [0.1, 0.15) is 65.2 Å².